The van der Waals surface area contributed by atoms with Crippen LogP contribution in [0, 0.1) is 11.8 Å². The lowest BCUT2D eigenvalue weighted by Crippen LogP contribution is -2.21. The molecule has 1 heterocycles. The van der Waals surface area contributed by atoms with Gasteiger partial charge in [-0.15, -0.1) is 0 Å². The molecule has 0 N–H and O–H groups in total. The zero-order valence-corrected chi connectivity index (χ0v) is 28.1. The molecule has 1 aliphatic carbocycles. The van der Waals surface area contributed by atoms with Gasteiger partial charge in [0.25, 0.3) is 0 Å². The van der Waals surface area contributed by atoms with Gasteiger partial charge in [-0.25, -0.2) is 9.78 Å². The van der Waals surface area contributed by atoms with E-state index in [1.807, 2.05) is 66.7 Å². The highest BCUT2D eigenvalue weighted by atomic mass is 31.2. The molecule has 3 aromatic carbocycles. The van der Waals surface area contributed by atoms with E-state index in [9.17, 15) is 14.2 Å². The van der Waals surface area contributed by atoms with Crippen molar-refractivity contribution in [2.45, 2.75) is 57.3 Å². The first-order chi connectivity index (χ1) is 22.8. The molecule has 9 heteroatoms. The number of aryl methyl sites for hydroxylation is 2. The smallest absolute Gasteiger partial charge is 0.337 e. The quantitative estimate of drug-likeness (QED) is 0.0504. The molecule has 4 atom stereocenters. The Kier molecular flexibility index (Phi) is 14.3. The van der Waals surface area contributed by atoms with Crippen molar-refractivity contribution in [1.29, 1.82) is 0 Å². The lowest BCUT2D eigenvalue weighted by molar-refractivity contribution is -0.337. The summed E-state index contributed by atoms with van der Waals surface area (Å²) in [6.07, 6.45) is 7.79. The predicted molar refractivity (Wildman–Crippen MR) is 182 cm³/mol. The number of hydrogen-bond acceptors (Lipinski definition) is 8. The van der Waals surface area contributed by atoms with Gasteiger partial charge in [0.2, 0.25) is 0 Å². The van der Waals surface area contributed by atoms with Crippen molar-refractivity contribution in [3.8, 4) is 0 Å². The Morgan fingerprint density at radius 3 is 2.00 bits per heavy atom. The SMILES string of the molecule is C=C(/C=C/[C@@H]1[C@H]2CC(=O)O[C@H]2C[C@H]1OOCc1ccccc1)CCc1ccccc1.COP(=O)(CC(=O)CCc1ccccc1)OC. The highest BCUT2D eigenvalue weighted by molar-refractivity contribution is 7.54. The number of rotatable bonds is 16. The van der Waals surface area contributed by atoms with Crippen LogP contribution < -0.4 is 0 Å². The van der Waals surface area contributed by atoms with Crippen LogP contribution in [0.25, 0.3) is 0 Å². The average Bonchev–Trinajstić information content (AvgIpc) is 3.62. The van der Waals surface area contributed by atoms with Crippen molar-refractivity contribution >= 4 is 19.3 Å². The molecule has 0 amide bonds. The molecule has 1 saturated carbocycles. The van der Waals surface area contributed by atoms with Crippen LogP contribution in [0.15, 0.2) is 115 Å². The summed E-state index contributed by atoms with van der Waals surface area (Å²) in [6.45, 7) is 4.60. The summed E-state index contributed by atoms with van der Waals surface area (Å²) in [7, 11) is -0.635. The van der Waals surface area contributed by atoms with E-state index in [1.54, 1.807) is 0 Å². The Hall–Kier alpha value is -3.65. The Balaban J connectivity index is 0.000000251. The fourth-order valence-electron chi connectivity index (χ4n) is 5.74. The van der Waals surface area contributed by atoms with Crippen molar-refractivity contribution < 1.29 is 37.7 Å². The summed E-state index contributed by atoms with van der Waals surface area (Å²) < 4.78 is 26.6. The molecule has 0 spiro atoms. The second-order valence-electron chi connectivity index (χ2n) is 11.8. The van der Waals surface area contributed by atoms with Gasteiger partial charge in [0, 0.05) is 38.9 Å². The molecule has 3 aromatic rings. The summed E-state index contributed by atoms with van der Waals surface area (Å²) in [5.74, 6) is -0.0115. The number of carbonyl (C=O) groups excluding carboxylic acids is 2. The van der Waals surface area contributed by atoms with E-state index in [-0.39, 0.29) is 42.0 Å². The van der Waals surface area contributed by atoms with Crippen LogP contribution in [0.5, 0.6) is 0 Å². The van der Waals surface area contributed by atoms with E-state index in [4.69, 9.17) is 23.6 Å². The molecule has 0 bridgehead atoms. The number of carbonyl (C=O) groups is 2. The molecule has 0 unspecified atom stereocenters. The van der Waals surface area contributed by atoms with Crippen molar-refractivity contribution in [3.63, 3.8) is 0 Å². The maximum atomic E-state index is 11.8. The van der Waals surface area contributed by atoms with Crippen LogP contribution in [0.4, 0.5) is 0 Å². The van der Waals surface area contributed by atoms with Crippen LogP contribution in [-0.2, 0) is 57.2 Å². The van der Waals surface area contributed by atoms with E-state index in [1.165, 1.54) is 19.8 Å². The lowest BCUT2D eigenvalue weighted by atomic mass is 9.91. The van der Waals surface area contributed by atoms with E-state index < -0.39 is 7.60 Å². The Morgan fingerprint density at radius 2 is 1.43 bits per heavy atom. The van der Waals surface area contributed by atoms with Crippen molar-refractivity contribution in [2.24, 2.45) is 11.8 Å². The number of allylic oxidation sites excluding steroid dienone is 2. The maximum absolute atomic E-state index is 11.8. The Bertz CT molecular complexity index is 1480. The number of esters is 1. The van der Waals surface area contributed by atoms with Gasteiger partial charge in [-0.2, -0.15) is 0 Å². The zero-order valence-electron chi connectivity index (χ0n) is 27.2. The van der Waals surface area contributed by atoms with Gasteiger partial charge in [-0.05, 0) is 36.0 Å². The normalized spacial score (nSPS) is 20.3. The summed E-state index contributed by atoms with van der Waals surface area (Å²) in [4.78, 5) is 34.7. The second-order valence-corrected chi connectivity index (χ2v) is 14.0. The van der Waals surface area contributed by atoms with Crippen LogP contribution in [0.2, 0.25) is 0 Å². The molecule has 2 aliphatic rings. The molecule has 5 rings (SSSR count). The summed E-state index contributed by atoms with van der Waals surface area (Å²) in [5, 5.41) is 0. The zero-order chi connectivity index (χ0) is 33.5. The van der Waals surface area contributed by atoms with Crippen LogP contribution in [0.3, 0.4) is 0 Å². The molecular formula is C38H45O8P. The lowest BCUT2D eigenvalue weighted by Gasteiger charge is -2.19. The predicted octanol–water partition coefficient (Wildman–Crippen LogP) is 7.87. The van der Waals surface area contributed by atoms with Crippen molar-refractivity contribution in [2.75, 3.05) is 20.4 Å². The minimum atomic E-state index is -3.21. The summed E-state index contributed by atoms with van der Waals surface area (Å²) in [5.41, 5.74) is 4.52. The minimum Gasteiger partial charge on any atom is -0.462 e. The van der Waals surface area contributed by atoms with E-state index >= 15 is 0 Å². The van der Waals surface area contributed by atoms with Gasteiger partial charge in [-0.1, -0.05) is 115 Å². The summed E-state index contributed by atoms with van der Waals surface area (Å²) >= 11 is 0. The highest BCUT2D eigenvalue weighted by Gasteiger charge is 2.50. The highest BCUT2D eigenvalue weighted by Crippen LogP contribution is 2.46. The van der Waals surface area contributed by atoms with Crippen LogP contribution in [0.1, 0.15) is 42.4 Å². The van der Waals surface area contributed by atoms with Gasteiger partial charge in [0.1, 0.15) is 30.8 Å². The third kappa shape index (κ3) is 11.8. The molecule has 0 radical (unpaired) electrons. The number of ether oxygens (including phenoxy) is 1. The summed E-state index contributed by atoms with van der Waals surface area (Å²) in [6, 6.07) is 30.0. The fourth-order valence-corrected chi connectivity index (χ4v) is 6.74. The third-order valence-electron chi connectivity index (χ3n) is 8.40. The number of fused-ring (bicyclic) bond motifs is 1. The number of Topliss-reactive ketones (excluding diaryl/α,β-unsaturated/α-hetero) is 1. The third-order valence-corrected chi connectivity index (χ3v) is 10.3. The van der Waals surface area contributed by atoms with Crippen molar-refractivity contribution in [3.05, 3.63) is 132 Å². The van der Waals surface area contributed by atoms with Crippen molar-refractivity contribution in [1.82, 2.24) is 0 Å². The molecule has 0 aromatic heterocycles. The first-order valence-electron chi connectivity index (χ1n) is 16.0. The Labute approximate surface area is 278 Å². The maximum Gasteiger partial charge on any atom is 0.337 e. The van der Waals surface area contributed by atoms with Gasteiger partial charge in [-0.3, -0.25) is 14.2 Å². The van der Waals surface area contributed by atoms with Crippen LogP contribution in [-0.4, -0.2) is 44.3 Å². The number of hydrogen-bond donors (Lipinski definition) is 0. The van der Waals surface area contributed by atoms with Gasteiger partial charge in [0.15, 0.2) is 0 Å². The Morgan fingerprint density at radius 1 is 0.872 bits per heavy atom. The average molecular weight is 661 g/mol. The van der Waals surface area contributed by atoms with Gasteiger partial charge in [0.05, 0.1) is 6.42 Å². The van der Waals surface area contributed by atoms with E-state index in [2.05, 4.69) is 43.0 Å². The monoisotopic (exact) mass is 660 g/mol. The first kappa shape index (κ1) is 36.2. The first-order valence-corrected chi connectivity index (χ1v) is 17.7. The molecular weight excluding hydrogens is 615 g/mol. The molecule has 250 valence electrons. The molecule has 1 saturated heterocycles. The number of ketones is 1. The molecule has 47 heavy (non-hydrogen) atoms. The van der Waals surface area contributed by atoms with Gasteiger partial charge >= 0.3 is 13.6 Å². The molecule has 8 nitrogen and oxygen atoms in total. The standard InChI is InChI=1S/C26H28O4.C12H17O4P/c1-19(12-14-20-8-4-2-5-9-20)13-15-22-23-16-26(27)29-24(23)17-25(22)30-28-18-21-10-6-3-7-11-21;1-15-17(14,16-2)10-12(13)9-8-11-6-4-3-5-7-11/h2-11,13,15,22-25H,1,12,14,16-18H2;3-7H,8-10H2,1-2H3/b15-13+;/t22-,23-,24+,25-;/m1./s1. The second kappa shape index (κ2) is 18.6. The molecule has 1 aliphatic heterocycles. The van der Waals surface area contributed by atoms with E-state index in [0.29, 0.717) is 32.3 Å². The van der Waals surface area contributed by atoms with Gasteiger partial charge < -0.3 is 13.8 Å². The topological polar surface area (TPSA) is 97.4 Å². The van der Waals surface area contributed by atoms with Crippen LogP contribution >= 0.6 is 7.60 Å². The fraction of sp³-hybridized carbons (Fsp3) is 0.368. The molecule has 2 fully saturated rings. The van der Waals surface area contributed by atoms with E-state index in [0.717, 1.165) is 29.5 Å². The number of benzene rings is 3. The minimum absolute atomic E-state index is 0.0747. The largest absolute Gasteiger partial charge is 0.462 e.